The summed E-state index contributed by atoms with van der Waals surface area (Å²) in [5.41, 5.74) is 2.26. The largest absolute Gasteiger partial charge is 0.566 e. The van der Waals surface area contributed by atoms with Crippen molar-refractivity contribution in [3.05, 3.63) is 36.2 Å². The van der Waals surface area contributed by atoms with Gasteiger partial charge >= 0.3 is 0 Å². The SMILES string of the molecule is CN1CCN(c2ccc(C3=NO[CH-]C3)cc2F)CC1.[Y]. The zero-order valence-electron chi connectivity index (χ0n) is 11.6. The van der Waals surface area contributed by atoms with Gasteiger partial charge in [-0.3, -0.25) is 0 Å². The Balaban J connectivity index is 0.00000147. The molecule has 1 radical (unpaired) electrons. The maximum Gasteiger partial charge on any atom is 0.147 e. The maximum atomic E-state index is 14.2. The summed E-state index contributed by atoms with van der Waals surface area (Å²) >= 11 is 0. The fourth-order valence-electron chi connectivity index (χ4n) is 2.42. The molecule has 0 N–H and O–H groups in total. The number of anilines is 1. The van der Waals surface area contributed by atoms with E-state index < -0.39 is 0 Å². The Bertz CT molecular complexity index is 501. The van der Waals surface area contributed by atoms with Gasteiger partial charge in [-0.1, -0.05) is 12.5 Å². The topological polar surface area (TPSA) is 28.1 Å². The molecule has 1 aromatic rings. The number of nitrogens with zero attached hydrogens (tertiary/aromatic N) is 3. The average molecular weight is 351 g/mol. The Hall–Kier alpha value is -0.516. The van der Waals surface area contributed by atoms with Crippen LogP contribution in [0.5, 0.6) is 0 Å². The summed E-state index contributed by atoms with van der Waals surface area (Å²) < 4.78 is 14.2. The second kappa shape index (κ2) is 6.96. The van der Waals surface area contributed by atoms with Crippen LogP contribution in [0.2, 0.25) is 0 Å². The molecule has 6 heteroatoms. The van der Waals surface area contributed by atoms with Gasteiger partial charge < -0.3 is 14.6 Å². The molecule has 0 spiro atoms. The van der Waals surface area contributed by atoms with Crippen molar-refractivity contribution >= 4 is 11.4 Å². The van der Waals surface area contributed by atoms with Crippen LogP contribution in [0.3, 0.4) is 0 Å². The van der Waals surface area contributed by atoms with E-state index in [4.69, 9.17) is 4.84 Å². The summed E-state index contributed by atoms with van der Waals surface area (Å²) in [6.07, 6.45) is 0.632. The predicted molar refractivity (Wildman–Crippen MR) is 72.6 cm³/mol. The molecule has 4 nitrogen and oxygen atoms in total. The monoisotopic (exact) mass is 351 g/mol. The van der Waals surface area contributed by atoms with Crippen molar-refractivity contribution < 1.29 is 41.9 Å². The number of hydrogen-bond donors (Lipinski definition) is 0. The Morgan fingerprint density at radius 1 is 1.25 bits per heavy atom. The van der Waals surface area contributed by atoms with Crippen LogP contribution in [-0.2, 0) is 37.5 Å². The van der Waals surface area contributed by atoms with E-state index in [0.717, 1.165) is 37.5 Å². The van der Waals surface area contributed by atoms with Crippen LogP contribution in [0.15, 0.2) is 23.4 Å². The van der Waals surface area contributed by atoms with E-state index in [1.165, 1.54) is 0 Å². The first-order valence-corrected chi connectivity index (χ1v) is 6.52. The standard InChI is InChI=1S/C14H17FN3O.Y/c1-17-5-7-18(8-6-17)14-3-2-11(10-12(14)15)13-4-9-19-16-13;/h2-3,9-10H,4-8H2,1H3;/q-1;. The fourth-order valence-corrected chi connectivity index (χ4v) is 2.42. The number of oxime groups is 1. The molecule has 1 saturated heterocycles. The number of hydrogen-bond acceptors (Lipinski definition) is 4. The van der Waals surface area contributed by atoms with Crippen LogP contribution < -0.4 is 4.90 Å². The van der Waals surface area contributed by atoms with Gasteiger partial charge in [0.15, 0.2) is 0 Å². The Morgan fingerprint density at radius 2 is 2.00 bits per heavy atom. The molecule has 0 atom stereocenters. The second-order valence-corrected chi connectivity index (χ2v) is 4.97. The van der Waals surface area contributed by atoms with Crippen LogP contribution in [0.1, 0.15) is 12.0 Å². The third-order valence-corrected chi connectivity index (χ3v) is 3.64. The van der Waals surface area contributed by atoms with Gasteiger partial charge in [0.2, 0.25) is 0 Å². The molecule has 2 heterocycles. The van der Waals surface area contributed by atoms with E-state index in [9.17, 15) is 4.39 Å². The van der Waals surface area contributed by atoms with Crippen LogP contribution in [-0.4, -0.2) is 43.8 Å². The van der Waals surface area contributed by atoms with Gasteiger partial charge in [0.1, 0.15) is 5.82 Å². The summed E-state index contributed by atoms with van der Waals surface area (Å²) in [5.74, 6) is -0.184. The number of likely N-dealkylation sites (N-methyl/N-ethyl adjacent to an activating group) is 1. The van der Waals surface area contributed by atoms with Crippen molar-refractivity contribution in [3.8, 4) is 0 Å². The molecule has 1 fully saturated rings. The molecule has 105 valence electrons. The zero-order valence-corrected chi connectivity index (χ0v) is 14.4. The molecular weight excluding hydrogens is 334 g/mol. The zero-order chi connectivity index (χ0) is 13.2. The second-order valence-electron chi connectivity index (χ2n) is 4.97. The van der Waals surface area contributed by atoms with Crippen molar-refractivity contribution in [2.45, 2.75) is 6.42 Å². The van der Waals surface area contributed by atoms with Crippen LogP contribution in [0, 0.1) is 12.4 Å². The van der Waals surface area contributed by atoms with Gasteiger partial charge in [-0.2, -0.15) is 0 Å². The van der Waals surface area contributed by atoms with Crippen molar-refractivity contribution in [1.82, 2.24) is 4.90 Å². The van der Waals surface area contributed by atoms with Gasteiger partial charge in [0.05, 0.1) is 11.4 Å². The molecule has 0 saturated carbocycles. The Morgan fingerprint density at radius 3 is 2.60 bits per heavy atom. The number of rotatable bonds is 2. The minimum absolute atomic E-state index is 0. The summed E-state index contributed by atoms with van der Waals surface area (Å²) in [5, 5.41) is 3.87. The van der Waals surface area contributed by atoms with Crippen LogP contribution in [0.4, 0.5) is 10.1 Å². The summed E-state index contributed by atoms with van der Waals surface area (Å²) in [6, 6.07) is 5.31. The minimum atomic E-state index is -0.184. The van der Waals surface area contributed by atoms with Crippen LogP contribution >= 0.6 is 0 Å². The van der Waals surface area contributed by atoms with Gasteiger partial charge in [0, 0.05) is 58.9 Å². The normalized spacial score (nSPS) is 19.3. The molecule has 0 aliphatic carbocycles. The van der Waals surface area contributed by atoms with Crippen molar-refractivity contribution in [2.75, 3.05) is 38.1 Å². The smallest absolute Gasteiger partial charge is 0.147 e. The molecule has 20 heavy (non-hydrogen) atoms. The Labute approximate surface area is 143 Å². The third kappa shape index (κ3) is 3.38. The molecule has 0 aromatic heterocycles. The van der Waals surface area contributed by atoms with E-state index in [-0.39, 0.29) is 38.5 Å². The minimum Gasteiger partial charge on any atom is -0.566 e. The van der Waals surface area contributed by atoms with Crippen LogP contribution in [0.25, 0.3) is 0 Å². The summed E-state index contributed by atoms with van der Waals surface area (Å²) in [6.45, 7) is 5.28. The van der Waals surface area contributed by atoms with E-state index in [2.05, 4.69) is 22.0 Å². The van der Waals surface area contributed by atoms with E-state index in [1.54, 1.807) is 12.7 Å². The van der Waals surface area contributed by atoms with E-state index >= 15 is 0 Å². The number of benzene rings is 1. The average Bonchev–Trinajstić information content (AvgIpc) is 2.94. The molecule has 2 aliphatic heterocycles. The predicted octanol–water partition coefficient (Wildman–Crippen LogP) is 1.86. The Kier molecular flexibility index (Phi) is 5.52. The van der Waals surface area contributed by atoms with Crippen molar-refractivity contribution in [2.24, 2.45) is 5.16 Å². The molecule has 1 aromatic carbocycles. The first kappa shape index (κ1) is 15.9. The number of halogens is 1. The quantitative estimate of drug-likeness (QED) is 0.762. The van der Waals surface area contributed by atoms with E-state index in [1.807, 2.05) is 12.1 Å². The molecule has 3 rings (SSSR count). The van der Waals surface area contributed by atoms with Gasteiger partial charge in [-0.15, -0.1) is 11.8 Å². The number of piperazine rings is 1. The van der Waals surface area contributed by atoms with E-state index in [0.29, 0.717) is 12.1 Å². The van der Waals surface area contributed by atoms with Crippen molar-refractivity contribution in [1.29, 1.82) is 0 Å². The van der Waals surface area contributed by atoms with Gasteiger partial charge in [-0.05, 0) is 24.7 Å². The van der Waals surface area contributed by atoms with Crippen molar-refractivity contribution in [3.63, 3.8) is 0 Å². The van der Waals surface area contributed by atoms with Gasteiger partial charge in [0.25, 0.3) is 0 Å². The first-order valence-electron chi connectivity index (χ1n) is 6.52. The van der Waals surface area contributed by atoms with Gasteiger partial charge in [-0.25, -0.2) is 4.39 Å². The molecule has 0 unspecified atom stereocenters. The first-order chi connectivity index (χ1) is 9.24. The summed E-state index contributed by atoms with van der Waals surface area (Å²) in [4.78, 5) is 9.18. The molecule has 0 bridgehead atoms. The fraction of sp³-hybridized carbons (Fsp3) is 0.429. The maximum absolute atomic E-state index is 14.2. The molecule has 2 aliphatic rings. The third-order valence-electron chi connectivity index (χ3n) is 3.64. The summed E-state index contributed by atoms with van der Waals surface area (Å²) in [7, 11) is 2.09. The molecule has 0 amide bonds. The molecular formula is C14H17FN3OY-.